The highest BCUT2D eigenvalue weighted by Crippen LogP contribution is 2.42. The fourth-order valence-corrected chi connectivity index (χ4v) is 4.28. The zero-order valence-corrected chi connectivity index (χ0v) is 14.8. The van der Waals surface area contributed by atoms with E-state index < -0.39 is 5.97 Å². The molecule has 1 spiro atoms. The number of likely N-dealkylation sites (tertiary alicyclic amines) is 2. The minimum Gasteiger partial charge on any atom is -0.480 e. The molecular formula is C18H27N3O3. The van der Waals surface area contributed by atoms with Gasteiger partial charge in [0.15, 0.2) is 5.43 Å². The molecule has 0 unspecified atom stereocenters. The van der Waals surface area contributed by atoms with Crippen molar-refractivity contribution in [1.82, 2.24) is 14.8 Å². The van der Waals surface area contributed by atoms with Gasteiger partial charge in [0.05, 0.1) is 0 Å². The van der Waals surface area contributed by atoms with Crippen molar-refractivity contribution < 1.29 is 9.90 Å². The van der Waals surface area contributed by atoms with Gasteiger partial charge in [-0.05, 0) is 58.7 Å². The van der Waals surface area contributed by atoms with Gasteiger partial charge in [-0.25, -0.2) is 0 Å². The SMILES string of the molecule is Cc1c[nH]c(CN2CCC3(CC2)C[C@H](C(=O)O)N(C)C3)c(C)c1=O. The van der Waals surface area contributed by atoms with Crippen molar-refractivity contribution in [2.75, 3.05) is 26.7 Å². The quantitative estimate of drug-likeness (QED) is 0.873. The van der Waals surface area contributed by atoms with E-state index in [4.69, 9.17) is 0 Å². The van der Waals surface area contributed by atoms with Crippen LogP contribution in [0.5, 0.6) is 0 Å². The number of hydrogen-bond acceptors (Lipinski definition) is 4. The van der Waals surface area contributed by atoms with Crippen molar-refractivity contribution in [2.24, 2.45) is 5.41 Å². The number of hydrogen-bond donors (Lipinski definition) is 2. The molecule has 132 valence electrons. The van der Waals surface area contributed by atoms with Crippen LogP contribution >= 0.6 is 0 Å². The molecule has 1 aromatic rings. The maximum absolute atomic E-state index is 12.1. The Bertz CT molecular complexity index is 689. The topological polar surface area (TPSA) is 76.6 Å². The summed E-state index contributed by atoms with van der Waals surface area (Å²) >= 11 is 0. The van der Waals surface area contributed by atoms with E-state index in [1.165, 1.54) is 0 Å². The van der Waals surface area contributed by atoms with Crippen LogP contribution < -0.4 is 5.43 Å². The summed E-state index contributed by atoms with van der Waals surface area (Å²) in [6.07, 6.45) is 4.60. The Kier molecular flexibility index (Phi) is 4.53. The molecule has 0 aliphatic carbocycles. The zero-order chi connectivity index (χ0) is 17.5. The van der Waals surface area contributed by atoms with Crippen molar-refractivity contribution in [1.29, 1.82) is 0 Å². The van der Waals surface area contributed by atoms with E-state index >= 15 is 0 Å². The Morgan fingerprint density at radius 2 is 2.04 bits per heavy atom. The first-order chi connectivity index (χ1) is 11.3. The summed E-state index contributed by atoms with van der Waals surface area (Å²) in [4.78, 5) is 31.0. The molecule has 6 nitrogen and oxygen atoms in total. The summed E-state index contributed by atoms with van der Waals surface area (Å²) < 4.78 is 0. The van der Waals surface area contributed by atoms with E-state index in [2.05, 4.69) is 9.88 Å². The molecule has 0 amide bonds. The average Bonchev–Trinajstić information content (AvgIpc) is 2.87. The van der Waals surface area contributed by atoms with Crippen molar-refractivity contribution in [3.05, 3.63) is 33.2 Å². The predicted molar refractivity (Wildman–Crippen MR) is 92.2 cm³/mol. The number of nitrogens with one attached hydrogen (secondary N) is 1. The molecule has 0 aromatic carbocycles. The lowest BCUT2D eigenvalue weighted by Gasteiger charge is -2.39. The van der Waals surface area contributed by atoms with E-state index in [9.17, 15) is 14.7 Å². The van der Waals surface area contributed by atoms with E-state index in [0.717, 1.165) is 62.3 Å². The Morgan fingerprint density at radius 3 is 2.62 bits per heavy atom. The van der Waals surface area contributed by atoms with Crippen molar-refractivity contribution >= 4 is 5.97 Å². The number of aromatic amines is 1. The number of rotatable bonds is 3. The third kappa shape index (κ3) is 3.13. The number of carboxylic acids is 1. The fraction of sp³-hybridized carbons (Fsp3) is 0.667. The monoisotopic (exact) mass is 333 g/mol. The lowest BCUT2D eigenvalue weighted by atomic mass is 9.76. The summed E-state index contributed by atoms with van der Waals surface area (Å²) in [6.45, 7) is 7.25. The predicted octanol–water partition coefficient (Wildman–Crippen LogP) is 1.36. The summed E-state index contributed by atoms with van der Waals surface area (Å²) in [5, 5.41) is 9.34. The molecule has 1 aromatic heterocycles. The highest BCUT2D eigenvalue weighted by Gasteiger charge is 2.46. The number of H-pyrrole nitrogens is 1. The summed E-state index contributed by atoms with van der Waals surface area (Å²) in [5.41, 5.74) is 2.82. The van der Waals surface area contributed by atoms with Gasteiger partial charge in [0.1, 0.15) is 6.04 Å². The summed E-state index contributed by atoms with van der Waals surface area (Å²) in [6, 6.07) is -0.341. The average molecular weight is 333 g/mol. The van der Waals surface area contributed by atoms with Gasteiger partial charge >= 0.3 is 5.97 Å². The molecule has 2 aliphatic heterocycles. The number of pyridine rings is 1. The first-order valence-corrected chi connectivity index (χ1v) is 8.64. The molecule has 2 fully saturated rings. The molecule has 0 bridgehead atoms. The van der Waals surface area contributed by atoms with Crippen LogP contribution in [0.4, 0.5) is 0 Å². The molecule has 1 atom stereocenters. The molecule has 3 rings (SSSR count). The van der Waals surface area contributed by atoms with Crippen molar-refractivity contribution in [3.8, 4) is 0 Å². The van der Waals surface area contributed by atoms with Crippen molar-refractivity contribution in [2.45, 2.75) is 45.7 Å². The van der Waals surface area contributed by atoms with Crippen molar-refractivity contribution in [3.63, 3.8) is 0 Å². The maximum atomic E-state index is 12.1. The van der Waals surface area contributed by atoms with E-state index in [-0.39, 0.29) is 16.9 Å². The number of carbonyl (C=O) groups is 1. The highest BCUT2D eigenvalue weighted by molar-refractivity contribution is 5.74. The molecule has 3 heterocycles. The first-order valence-electron chi connectivity index (χ1n) is 8.64. The van der Waals surface area contributed by atoms with E-state index in [1.54, 1.807) is 6.20 Å². The number of carboxylic acid groups (broad SMARTS) is 1. The normalized spacial score (nSPS) is 24.5. The Morgan fingerprint density at radius 1 is 1.38 bits per heavy atom. The third-order valence-corrected chi connectivity index (χ3v) is 5.94. The largest absolute Gasteiger partial charge is 0.480 e. The molecular weight excluding hydrogens is 306 g/mol. The zero-order valence-electron chi connectivity index (χ0n) is 14.8. The fourth-order valence-electron chi connectivity index (χ4n) is 4.28. The molecule has 2 aliphatic rings. The molecule has 6 heteroatoms. The smallest absolute Gasteiger partial charge is 0.320 e. The number of aryl methyl sites for hydroxylation is 1. The van der Waals surface area contributed by atoms with Crippen LogP contribution in [-0.4, -0.2) is 58.6 Å². The van der Waals surface area contributed by atoms with Gasteiger partial charge < -0.3 is 10.1 Å². The van der Waals surface area contributed by atoms with Crippen LogP contribution in [0.25, 0.3) is 0 Å². The number of aromatic nitrogens is 1. The van der Waals surface area contributed by atoms with Crippen LogP contribution in [0.15, 0.2) is 11.0 Å². The van der Waals surface area contributed by atoms with Crippen LogP contribution in [0, 0.1) is 19.3 Å². The van der Waals surface area contributed by atoms with Crippen LogP contribution in [0.2, 0.25) is 0 Å². The molecule has 2 N–H and O–H groups in total. The number of piperidine rings is 1. The van der Waals surface area contributed by atoms with E-state index in [1.807, 2.05) is 25.8 Å². The standard InChI is InChI=1S/C18H27N3O3/c1-12-9-19-14(13(2)16(12)22)10-21-6-4-18(5-7-21)8-15(17(23)24)20(3)11-18/h9,15H,4-8,10-11H2,1-3H3,(H,19,22)(H,23,24)/t15-/m1/s1. The Hall–Kier alpha value is -1.66. The minimum absolute atomic E-state index is 0.124. The van der Waals surface area contributed by atoms with Gasteiger partial charge in [0, 0.05) is 36.1 Å². The number of aliphatic carboxylic acids is 1. The summed E-state index contributed by atoms with van der Waals surface area (Å²) in [5.74, 6) is -0.704. The van der Waals surface area contributed by atoms with Gasteiger partial charge in [-0.15, -0.1) is 0 Å². The van der Waals surface area contributed by atoms with Gasteiger partial charge in [-0.1, -0.05) is 0 Å². The minimum atomic E-state index is -0.704. The summed E-state index contributed by atoms with van der Waals surface area (Å²) in [7, 11) is 1.92. The second-order valence-corrected chi connectivity index (χ2v) is 7.65. The highest BCUT2D eigenvalue weighted by atomic mass is 16.4. The second-order valence-electron chi connectivity index (χ2n) is 7.65. The first kappa shape index (κ1) is 17.2. The van der Waals surface area contributed by atoms with Crippen LogP contribution in [0.1, 0.15) is 36.1 Å². The molecule has 0 saturated carbocycles. The van der Waals surface area contributed by atoms with Crippen LogP contribution in [0.3, 0.4) is 0 Å². The molecule has 24 heavy (non-hydrogen) atoms. The lowest BCUT2D eigenvalue weighted by molar-refractivity contribution is -0.141. The van der Waals surface area contributed by atoms with Gasteiger partial charge in [0.25, 0.3) is 0 Å². The second kappa shape index (κ2) is 6.33. The molecule has 0 radical (unpaired) electrons. The maximum Gasteiger partial charge on any atom is 0.320 e. The van der Waals surface area contributed by atoms with Crippen LogP contribution in [-0.2, 0) is 11.3 Å². The Balaban J connectivity index is 1.63. The number of likely N-dealkylation sites (N-methyl/N-ethyl adjacent to an activating group) is 1. The number of nitrogens with zero attached hydrogens (tertiary/aromatic N) is 2. The van der Waals surface area contributed by atoms with Gasteiger partial charge in [0.2, 0.25) is 0 Å². The Labute approximate surface area is 142 Å². The van der Waals surface area contributed by atoms with Gasteiger partial charge in [-0.2, -0.15) is 0 Å². The van der Waals surface area contributed by atoms with Gasteiger partial charge in [-0.3, -0.25) is 19.4 Å². The molecule has 2 saturated heterocycles. The third-order valence-electron chi connectivity index (χ3n) is 5.94. The van der Waals surface area contributed by atoms with E-state index in [0.29, 0.717) is 0 Å². The lowest BCUT2D eigenvalue weighted by Crippen LogP contribution is -2.41.